The second-order valence-electron chi connectivity index (χ2n) is 1.89. The van der Waals surface area contributed by atoms with Crippen molar-refractivity contribution in [3.63, 3.8) is 0 Å². The molecule has 4 nitrogen and oxygen atoms in total. The van der Waals surface area contributed by atoms with E-state index in [0.29, 0.717) is 0 Å². The Morgan fingerprint density at radius 1 is 1.17 bits per heavy atom. The highest BCUT2D eigenvalue weighted by atomic mass is 127. The normalized spacial score (nSPS) is 10.1. The average molecular weight is 301 g/mol. The van der Waals surface area contributed by atoms with Crippen LogP contribution in [0.2, 0.25) is 0 Å². The predicted octanol–water partition coefficient (Wildman–Crippen LogP) is 0.887. The standard InChI is InChI=1S/C6H7NO3S.HI/c7-11(8,9)10-6-4-2-1-3-5-6;/h1-5H,(H2,7,8,9);1H. The van der Waals surface area contributed by atoms with Gasteiger partial charge in [-0.25, -0.2) is 0 Å². The summed E-state index contributed by atoms with van der Waals surface area (Å²) in [7, 11) is -3.88. The van der Waals surface area contributed by atoms with Gasteiger partial charge >= 0.3 is 10.3 Å². The van der Waals surface area contributed by atoms with Gasteiger partial charge in [-0.1, -0.05) is 18.2 Å². The third-order valence-corrected chi connectivity index (χ3v) is 1.38. The van der Waals surface area contributed by atoms with Crippen LogP contribution in [-0.4, -0.2) is 8.42 Å². The molecule has 0 heterocycles. The van der Waals surface area contributed by atoms with Crippen LogP contribution < -0.4 is 9.32 Å². The lowest BCUT2D eigenvalue weighted by Gasteiger charge is -1.99. The van der Waals surface area contributed by atoms with Gasteiger partial charge in [0.15, 0.2) is 0 Å². The third-order valence-electron chi connectivity index (χ3n) is 0.956. The van der Waals surface area contributed by atoms with Crippen molar-refractivity contribution < 1.29 is 12.6 Å². The molecule has 0 aromatic heterocycles. The molecule has 0 fully saturated rings. The maximum atomic E-state index is 10.4. The predicted molar refractivity (Wildman–Crippen MR) is 55.6 cm³/mol. The molecule has 0 saturated heterocycles. The molecule has 0 bridgehead atoms. The van der Waals surface area contributed by atoms with Crippen LogP contribution in [0.1, 0.15) is 0 Å². The molecular weight excluding hydrogens is 293 g/mol. The molecule has 0 aliphatic rings. The van der Waals surface area contributed by atoms with Crippen LogP contribution in [0.3, 0.4) is 0 Å². The van der Waals surface area contributed by atoms with Crippen LogP contribution in [-0.2, 0) is 10.3 Å². The quantitative estimate of drug-likeness (QED) is 0.825. The summed E-state index contributed by atoms with van der Waals surface area (Å²) in [4.78, 5) is 0. The summed E-state index contributed by atoms with van der Waals surface area (Å²) in [5.74, 6) is 0.218. The first kappa shape index (κ1) is 11.7. The van der Waals surface area contributed by atoms with Crippen molar-refractivity contribution in [1.29, 1.82) is 0 Å². The minimum absolute atomic E-state index is 0. The fourth-order valence-electron chi connectivity index (χ4n) is 0.610. The van der Waals surface area contributed by atoms with Gasteiger partial charge in [0, 0.05) is 0 Å². The SMILES string of the molecule is I.NS(=O)(=O)Oc1ccccc1. The zero-order chi connectivity index (χ0) is 8.32. The summed E-state index contributed by atoms with van der Waals surface area (Å²) in [6.07, 6.45) is 0. The first-order chi connectivity index (χ1) is 5.08. The Morgan fingerprint density at radius 3 is 2.08 bits per heavy atom. The Balaban J connectivity index is 0.00000121. The molecule has 0 spiro atoms. The highest BCUT2D eigenvalue weighted by Crippen LogP contribution is 2.09. The van der Waals surface area contributed by atoms with Gasteiger partial charge < -0.3 is 4.18 Å². The van der Waals surface area contributed by atoms with E-state index in [0.717, 1.165) is 0 Å². The molecule has 0 aliphatic heterocycles. The number of nitrogens with two attached hydrogens (primary N) is 1. The number of rotatable bonds is 2. The molecule has 12 heavy (non-hydrogen) atoms. The van der Waals surface area contributed by atoms with Crippen LogP contribution in [0.4, 0.5) is 0 Å². The Kier molecular flexibility index (Phi) is 4.50. The summed E-state index contributed by atoms with van der Waals surface area (Å²) in [5, 5.41) is 4.62. The molecule has 0 saturated carbocycles. The summed E-state index contributed by atoms with van der Waals surface area (Å²) >= 11 is 0. The molecule has 0 unspecified atom stereocenters. The van der Waals surface area contributed by atoms with Gasteiger partial charge in [-0.15, -0.1) is 24.0 Å². The van der Waals surface area contributed by atoms with E-state index in [1.807, 2.05) is 0 Å². The van der Waals surface area contributed by atoms with E-state index in [1.165, 1.54) is 12.1 Å². The van der Waals surface area contributed by atoms with Gasteiger partial charge in [0.05, 0.1) is 0 Å². The van der Waals surface area contributed by atoms with Crippen LogP contribution in [0.15, 0.2) is 30.3 Å². The largest absolute Gasteiger partial charge is 0.380 e. The molecule has 6 heteroatoms. The van der Waals surface area contributed by atoms with Gasteiger partial charge in [0.25, 0.3) is 0 Å². The zero-order valence-electron chi connectivity index (χ0n) is 6.01. The molecule has 1 aromatic rings. The van der Waals surface area contributed by atoms with E-state index in [-0.39, 0.29) is 29.7 Å². The summed E-state index contributed by atoms with van der Waals surface area (Å²) in [6, 6.07) is 8.06. The van der Waals surface area contributed by atoms with Crippen LogP contribution in [0.5, 0.6) is 5.75 Å². The van der Waals surface area contributed by atoms with Crippen LogP contribution in [0.25, 0.3) is 0 Å². The Morgan fingerprint density at radius 2 is 1.67 bits per heavy atom. The van der Waals surface area contributed by atoms with Crippen LogP contribution >= 0.6 is 24.0 Å². The van der Waals surface area contributed by atoms with E-state index >= 15 is 0 Å². The zero-order valence-corrected chi connectivity index (χ0v) is 9.15. The van der Waals surface area contributed by atoms with Gasteiger partial charge in [-0.05, 0) is 12.1 Å². The van der Waals surface area contributed by atoms with Gasteiger partial charge in [-0.3, -0.25) is 0 Å². The first-order valence-electron chi connectivity index (χ1n) is 2.85. The topological polar surface area (TPSA) is 69.4 Å². The average Bonchev–Trinajstić information content (AvgIpc) is 1.85. The molecule has 1 aromatic carbocycles. The number of benzene rings is 1. The fourth-order valence-corrected chi connectivity index (χ4v) is 0.990. The number of halogens is 1. The monoisotopic (exact) mass is 301 g/mol. The highest BCUT2D eigenvalue weighted by Gasteiger charge is 2.02. The van der Waals surface area contributed by atoms with Crippen molar-refractivity contribution in [2.45, 2.75) is 0 Å². The Bertz CT molecular complexity index is 324. The molecule has 0 radical (unpaired) electrons. The van der Waals surface area contributed by atoms with E-state index in [9.17, 15) is 8.42 Å². The molecule has 68 valence electrons. The number of hydrogen-bond acceptors (Lipinski definition) is 3. The van der Waals surface area contributed by atoms with Crippen molar-refractivity contribution in [2.24, 2.45) is 5.14 Å². The lowest BCUT2D eigenvalue weighted by molar-refractivity contribution is 0.488. The molecule has 1 rings (SSSR count). The smallest absolute Gasteiger partial charge is 0.371 e. The third kappa shape index (κ3) is 4.52. The molecular formula is C6H8INO3S. The van der Waals surface area contributed by atoms with Crippen molar-refractivity contribution in [3.8, 4) is 5.75 Å². The van der Waals surface area contributed by atoms with Gasteiger partial charge in [0.1, 0.15) is 5.75 Å². The second-order valence-corrected chi connectivity index (χ2v) is 3.04. The first-order valence-corrected chi connectivity index (χ1v) is 4.32. The number of para-hydroxylation sites is 1. The Labute approximate surface area is 88.0 Å². The molecule has 0 amide bonds. The highest BCUT2D eigenvalue weighted by molar-refractivity contribution is 14.0. The van der Waals surface area contributed by atoms with E-state index < -0.39 is 10.3 Å². The van der Waals surface area contributed by atoms with E-state index in [1.54, 1.807) is 18.2 Å². The van der Waals surface area contributed by atoms with E-state index in [2.05, 4.69) is 9.32 Å². The maximum absolute atomic E-state index is 10.4. The van der Waals surface area contributed by atoms with Crippen molar-refractivity contribution in [3.05, 3.63) is 30.3 Å². The minimum atomic E-state index is -3.88. The Hall–Kier alpha value is -0.340. The fraction of sp³-hybridized carbons (Fsp3) is 0. The molecule has 0 atom stereocenters. The van der Waals surface area contributed by atoms with Crippen molar-refractivity contribution in [1.82, 2.24) is 0 Å². The maximum Gasteiger partial charge on any atom is 0.380 e. The van der Waals surface area contributed by atoms with Crippen LogP contribution in [0, 0.1) is 0 Å². The lowest BCUT2D eigenvalue weighted by Crippen LogP contribution is -2.18. The molecule has 0 aliphatic carbocycles. The van der Waals surface area contributed by atoms with E-state index in [4.69, 9.17) is 0 Å². The minimum Gasteiger partial charge on any atom is -0.371 e. The summed E-state index contributed by atoms with van der Waals surface area (Å²) in [6.45, 7) is 0. The van der Waals surface area contributed by atoms with Gasteiger partial charge in [0.2, 0.25) is 0 Å². The molecule has 2 N–H and O–H groups in total. The summed E-state index contributed by atoms with van der Waals surface area (Å²) in [5.41, 5.74) is 0. The van der Waals surface area contributed by atoms with Crippen molar-refractivity contribution in [2.75, 3.05) is 0 Å². The number of hydrogen-bond donors (Lipinski definition) is 1. The lowest BCUT2D eigenvalue weighted by atomic mass is 10.3. The van der Waals surface area contributed by atoms with Gasteiger partial charge in [-0.2, -0.15) is 13.6 Å². The summed E-state index contributed by atoms with van der Waals surface area (Å²) < 4.78 is 25.1. The van der Waals surface area contributed by atoms with Crippen molar-refractivity contribution >= 4 is 34.3 Å². The second kappa shape index (κ2) is 4.63.